The molecule has 3 heterocycles. The molecule has 1 unspecified atom stereocenters. The Labute approximate surface area is 200 Å². The number of pyridine rings is 1. The number of hydrogen-bond acceptors (Lipinski definition) is 5. The number of aromatic hydroxyl groups is 1. The predicted octanol–water partition coefficient (Wildman–Crippen LogP) is 4.63. The van der Waals surface area contributed by atoms with Gasteiger partial charge in [-0.3, -0.25) is 14.8 Å². The number of carbonyl (C=O) groups excluding carboxylic acids is 1. The molecule has 9 heteroatoms. The van der Waals surface area contributed by atoms with Gasteiger partial charge in [-0.15, -0.1) is 0 Å². The standard InChI is InChI=1S/C26H23F3N4O2/c1-26(23-8-9-24(35)32(23)14-16-2-5-21(34)6-3-16)15-33(20-11-18(28)10-19(29)12-20)31-25(26)22-7-4-17(27)13-30-22/h2-7,10-13,23,34H,8-9,14-15H2,1H3/t23-,26?/m1/s1. The molecular formula is C26H23F3N4O2. The molecule has 35 heavy (non-hydrogen) atoms. The third-order valence-electron chi connectivity index (χ3n) is 6.71. The van der Waals surface area contributed by atoms with Crippen molar-refractivity contribution < 1.29 is 23.1 Å². The van der Waals surface area contributed by atoms with Crippen molar-refractivity contribution in [3.63, 3.8) is 0 Å². The molecule has 5 rings (SSSR count). The second-order valence-electron chi connectivity index (χ2n) is 9.16. The third kappa shape index (κ3) is 4.34. The quantitative estimate of drug-likeness (QED) is 0.579. The van der Waals surface area contributed by atoms with Gasteiger partial charge in [0.15, 0.2) is 0 Å². The van der Waals surface area contributed by atoms with E-state index in [-0.39, 0.29) is 29.9 Å². The molecule has 0 aliphatic carbocycles. The van der Waals surface area contributed by atoms with E-state index in [1.54, 1.807) is 29.2 Å². The molecule has 1 saturated heterocycles. The van der Waals surface area contributed by atoms with Crippen LogP contribution in [0.15, 0.2) is 65.9 Å². The molecule has 1 fully saturated rings. The highest BCUT2D eigenvalue weighted by Crippen LogP contribution is 2.43. The summed E-state index contributed by atoms with van der Waals surface area (Å²) >= 11 is 0. The maximum Gasteiger partial charge on any atom is 0.223 e. The number of likely N-dealkylation sites (tertiary alicyclic amines) is 1. The van der Waals surface area contributed by atoms with Gasteiger partial charge in [0, 0.05) is 25.1 Å². The maximum atomic E-state index is 14.0. The molecule has 1 aromatic heterocycles. The molecule has 2 aliphatic rings. The molecule has 2 aromatic carbocycles. The molecular weight excluding hydrogens is 457 g/mol. The van der Waals surface area contributed by atoms with Gasteiger partial charge >= 0.3 is 0 Å². The lowest BCUT2D eigenvalue weighted by Gasteiger charge is -2.38. The molecule has 0 spiro atoms. The van der Waals surface area contributed by atoms with E-state index in [2.05, 4.69) is 10.1 Å². The van der Waals surface area contributed by atoms with Crippen LogP contribution < -0.4 is 5.01 Å². The predicted molar refractivity (Wildman–Crippen MR) is 124 cm³/mol. The Morgan fingerprint density at radius 2 is 1.74 bits per heavy atom. The van der Waals surface area contributed by atoms with Crippen molar-refractivity contribution in [1.82, 2.24) is 9.88 Å². The van der Waals surface area contributed by atoms with Gasteiger partial charge in [-0.25, -0.2) is 13.2 Å². The van der Waals surface area contributed by atoms with Crippen molar-refractivity contribution in [2.75, 3.05) is 11.6 Å². The number of phenols is 1. The minimum Gasteiger partial charge on any atom is -0.508 e. The summed E-state index contributed by atoms with van der Waals surface area (Å²) in [5.41, 5.74) is 1.26. The summed E-state index contributed by atoms with van der Waals surface area (Å²) in [7, 11) is 0. The van der Waals surface area contributed by atoms with Crippen molar-refractivity contribution in [2.45, 2.75) is 32.4 Å². The number of anilines is 1. The zero-order chi connectivity index (χ0) is 24.7. The number of nitrogens with zero attached hydrogens (tertiary/aromatic N) is 4. The fourth-order valence-electron chi connectivity index (χ4n) is 5.01. The lowest BCUT2D eigenvalue weighted by Crippen LogP contribution is -2.50. The number of rotatable bonds is 5. The summed E-state index contributed by atoms with van der Waals surface area (Å²) < 4.78 is 41.6. The SMILES string of the molecule is CC1([C@H]2CCC(=O)N2Cc2ccc(O)cc2)CN(c2cc(F)cc(F)c2)N=C1c1ccc(F)cn1. The van der Waals surface area contributed by atoms with Gasteiger partial charge in [0.05, 0.1) is 35.2 Å². The largest absolute Gasteiger partial charge is 0.508 e. The summed E-state index contributed by atoms with van der Waals surface area (Å²) in [6.07, 6.45) is 1.99. The second kappa shape index (κ2) is 8.72. The molecule has 1 amide bonds. The van der Waals surface area contributed by atoms with Gasteiger partial charge in [-0.05, 0) is 48.4 Å². The van der Waals surface area contributed by atoms with E-state index in [1.807, 2.05) is 6.92 Å². The monoisotopic (exact) mass is 480 g/mol. The Kier molecular flexibility index (Phi) is 5.70. The van der Waals surface area contributed by atoms with E-state index >= 15 is 0 Å². The first-order chi connectivity index (χ1) is 16.7. The summed E-state index contributed by atoms with van der Waals surface area (Å²) in [5.74, 6) is -1.84. The molecule has 6 nitrogen and oxygen atoms in total. The number of phenolic OH excluding ortho intramolecular Hbond substituents is 1. The highest BCUT2D eigenvalue weighted by Gasteiger charge is 2.51. The van der Waals surface area contributed by atoms with Crippen LogP contribution in [0.3, 0.4) is 0 Å². The van der Waals surface area contributed by atoms with E-state index in [1.165, 1.54) is 29.3 Å². The molecule has 2 atom stereocenters. The second-order valence-corrected chi connectivity index (χ2v) is 9.16. The first-order valence-electron chi connectivity index (χ1n) is 11.2. The van der Waals surface area contributed by atoms with Crippen LogP contribution in [-0.4, -0.2) is 39.2 Å². The number of aromatic nitrogens is 1. The average Bonchev–Trinajstić information content (AvgIpc) is 3.36. The summed E-state index contributed by atoms with van der Waals surface area (Å²) in [6.45, 7) is 2.52. The van der Waals surface area contributed by atoms with Crippen LogP contribution in [0, 0.1) is 22.9 Å². The van der Waals surface area contributed by atoms with E-state index in [0.29, 0.717) is 30.8 Å². The van der Waals surface area contributed by atoms with Gasteiger partial charge in [-0.1, -0.05) is 19.1 Å². The van der Waals surface area contributed by atoms with Crippen LogP contribution >= 0.6 is 0 Å². The summed E-state index contributed by atoms with van der Waals surface area (Å²) in [6, 6.07) is 12.3. The highest BCUT2D eigenvalue weighted by atomic mass is 19.1. The third-order valence-corrected chi connectivity index (χ3v) is 6.71. The molecule has 2 aliphatic heterocycles. The van der Waals surface area contributed by atoms with Crippen LogP contribution in [0.4, 0.5) is 18.9 Å². The van der Waals surface area contributed by atoms with Crippen molar-refractivity contribution in [1.29, 1.82) is 0 Å². The summed E-state index contributed by atoms with van der Waals surface area (Å²) in [5, 5.41) is 15.8. The zero-order valence-electron chi connectivity index (χ0n) is 19.0. The van der Waals surface area contributed by atoms with Crippen molar-refractivity contribution >= 4 is 17.3 Å². The Hall–Kier alpha value is -3.88. The molecule has 3 aromatic rings. The topological polar surface area (TPSA) is 69.0 Å². The smallest absolute Gasteiger partial charge is 0.223 e. The molecule has 180 valence electrons. The van der Waals surface area contributed by atoms with Crippen LogP contribution in [0.2, 0.25) is 0 Å². The Balaban J connectivity index is 1.55. The number of hydrogen-bond donors (Lipinski definition) is 1. The number of carbonyl (C=O) groups is 1. The molecule has 0 radical (unpaired) electrons. The Bertz CT molecular complexity index is 1280. The van der Waals surface area contributed by atoms with E-state index in [4.69, 9.17) is 0 Å². The number of hydrazone groups is 1. The lowest BCUT2D eigenvalue weighted by molar-refractivity contribution is -0.130. The lowest BCUT2D eigenvalue weighted by atomic mass is 9.75. The van der Waals surface area contributed by atoms with Gasteiger partial charge < -0.3 is 10.0 Å². The number of benzene rings is 2. The fraction of sp³-hybridized carbons (Fsp3) is 0.269. The first-order valence-corrected chi connectivity index (χ1v) is 11.2. The zero-order valence-corrected chi connectivity index (χ0v) is 19.0. The van der Waals surface area contributed by atoms with Gasteiger partial charge in [0.1, 0.15) is 23.2 Å². The van der Waals surface area contributed by atoms with Crippen LogP contribution in [0.1, 0.15) is 31.0 Å². The average molecular weight is 480 g/mol. The van der Waals surface area contributed by atoms with Gasteiger partial charge in [0.25, 0.3) is 0 Å². The highest BCUT2D eigenvalue weighted by molar-refractivity contribution is 6.06. The van der Waals surface area contributed by atoms with E-state index in [0.717, 1.165) is 17.8 Å². The van der Waals surface area contributed by atoms with Gasteiger partial charge in [-0.2, -0.15) is 5.10 Å². The minimum absolute atomic E-state index is 0.0223. The van der Waals surface area contributed by atoms with Crippen LogP contribution in [-0.2, 0) is 11.3 Å². The normalized spacial score (nSPS) is 22.1. The van der Waals surface area contributed by atoms with Crippen molar-refractivity contribution in [2.24, 2.45) is 10.5 Å². The minimum atomic E-state index is -0.767. The van der Waals surface area contributed by atoms with E-state index < -0.39 is 22.9 Å². The van der Waals surface area contributed by atoms with Crippen LogP contribution in [0.25, 0.3) is 0 Å². The van der Waals surface area contributed by atoms with Crippen LogP contribution in [0.5, 0.6) is 5.75 Å². The van der Waals surface area contributed by atoms with Crippen molar-refractivity contribution in [3.8, 4) is 5.75 Å². The first kappa shape index (κ1) is 22.9. The molecule has 0 saturated carbocycles. The number of halogens is 3. The van der Waals surface area contributed by atoms with Crippen molar-refractivity contribution in [3.05, 3.63) is 89.5 Å². The Morgan fingerprint density at radius 1 is 1.03 bits per heavy atom. The summed E-state index contributed by atoms with van der Waals surface area (Å²) in [4.78, 5) is 18.9. The Morgan fingerprint density at radius 3 is 2.40 bits per heavy atom. The number of amides is 1. The fourth-order valence-corrected chi connectivity index (χ4v) is 5.01. The molecule has 0 bridgehead atoms. The maximum absolute atomic E-state index is 14.0. The van der Waals surface area contributed by atoms with Gasteiger partial charge in [0.2, 0.25) is 5.91 Å². The molecule has 1 N–H and O–H groups in total. The van der Waals surface area contributed by atoms with E-state index in [9.17, 15) is 23.1 Å².